The number of amides is 1. The van der Waals surface area contributed by atoms with Crippen molar-refractivity contribution >= 4 is 34.4 Å². The molecule has 1 atom stereocenters. The van der Waals surface area contributed by atoms with E-state index in [9.17, 15) is 13.6 Å². The van der Waals surface area contributed by atoms with Crippen molar-refractivity contribution in [3.63, 3.8) is 0 Å². The number of cyclic esters (lactones) is 1. The van der Waals surface area contributed by atoms with Crippen molar-refractivity contribution in [1.29, 1.82) is 0 Å². The lowest BCUT2D eigenvalue weighted by molar-refractivity contribution is 0.129. The van der Waals surface area contributed by atoms with Crippen LogP contribution < -0.4 is 4.90 Å². The van der Waals surface area contributed by atoms with Crippen LogP contribution in [0.15, 0.2) is 18.3 Å². The molecule has 1 unspecified atom stereocenters. The molecule has 1 saturated heterocycles. The number of anilines is 1. The Morgan fingerprint density at radius 1 is 1.41 bits per heavy atom. The fraction of sp³-hybridized carbons (Fsp3) is 0.308. The molecule has 2 aromatic rings. The first-order chi connectivity index (χ1) is 10.4. The van der Waals surface area contributed by atoms with Crippen molar-refractivity contribution in [2.75, 3.05) is 11.4 Å². The second-order valence-corrected chi connectivity index (χ2v) is 6.00. The molecule has 0 saturated carbocycles. The van der Waals surface area contributed by atoms with Crippen LogP contribution in [0, 0.1) is 22.1 Å². The number of hydrogen-bond acceptors (Lipinski definition) is 4. The second-order valence-electron chi connectivity index (χ2n) is 4.92. The lowest BCUT2D eigenvalue weighted by Crippen LogP contribution is -2.26. The fourth-order valence-corrected chi connectivity index (χ4v) is 2.53. The smallest absolute Gasteiger partial charge is 0.414 e. The normalized spacial score (nSPS) is 17.9. The van der Waals surface area contributed by atoms with E-state index in [1.807, 2.05) is 0 Å². The zero-order chi connectivity index (χ0) is 15.9. The third-order valence-electron chi connectivity index (χ3n) is 3.20. The minimum atomic E-state index is -0.709. The topological polar surface area (TPSA) is 60.2 Å². The zero-order valence-corrected chi connectivity index (χ0v) is 13.6. The van der Waals surface area contributed by atoms with E-state index < -0.39 is 23.8 Å². The Morgan fingerprint density at radius 2 is 2.09 bits per heavy atom. The van der Waals surface area contributed by atoms with Crippen molar-refractivity contribution in [1.82, 2.24) is 15.0 Å². The van der Waals surface area contributed by atoms with E-state index in [4.69, 9.17) is 4.74 Å². The average molecular weight is 420 g/mol. The molecule has 0 N–H and O–H groups in total. The molecule has 1 fully saturated rings. The summed E-state index contributed by atoms with van der Waals surface area (Å²) in [6.45, 7) is 2.32. The largest absolute Gasteiger partial charge is 0.442 e. The van der Waals surface area contributed by atoms with Gasteiger partial charge in [0.2, 0.25) is 0 Å². The molecule has 22 heavy (non-hydrogen) atoms. The number of aryl methyl sites for hydroxylation is 1. The molecule has 1 amide bonds. The number of hydrogen-bond donors (Lipinski definition) is 0. The van der Waals surface area contributed by atoms with Crippen LogP contribution in [0.25, 0.3) is 0 Å². The van der Waals surface area contributed by atoms with E-state index in [0.717, 1.165) is 17.8 Å². The molecule has 0 spiro atoms. The fourth-order valence-electron chi connectivity index (χ4n) is 2.22. The van der Waals surface area contributed by atoms with Crippen LogP contribution in [0.3, 0.4) is 0 Å². The van der Waals surface area contributed by atoms with Gasteiger partial charge in [-0.15, -0.1) is 5.10 Å². The van der Waals surface area contributed by atoms with E-state index in [1.165, 1.54) is 4.90 Å². The van der Waals surface area contributed by atoms with Gasteiger partial charge in [0.1, 0.15) is 17.7 Å². The van der Waals surface area contributed by atoms with E-state index in [-0.39, 0.29) is 15.8 Å². The van der Waals surface area contributed by atoms with Crippen molar-refractivity contribution in [3.8, 4) is 0 Å². The molecule has 9 heteroatoms. The number of carbonyl (C=O) groups is 1. The number of benzene rings is 1. The van der Waals surface area contributed by atoms with Gasteiger partial charge >= 0.3 is 6.09 Å². The maximum absolute atomic E-state index is 13.6. The van der Waals surface area contributed by atoms with Gasteiger partial charge in [-0.25, -0.2) is 18.3 Å². The van der Waals surface area contributed by atoms with Gasteiger partial charge in [0.05, 0.1) is 28.0 Å². The Labute approximate surface area is 138 Å². The lowest BCUT2D eigenvalue weighted by Gasteiger charge is -2.13. The summed E-state index contributed by atoms with van der Waals surface area (Å²) in [5.74, 6) is -1.42. The summed E-state index contributed by atoms with van der Waals surface area (Å²) in [7, 11) is 0. The molecular weight excluding hydrogens is 409 g/mol. The van der Waals surface area contributed by atoms with Crippen LogP contribution in [0.4, 0.5) is 19.3 Å². The second kappa shape index (κ2) is 5.78. The van der Waals surface area contributed by atoms with Crippen molar-refractivity contribution in [3.05, 3.63) is 39.2 Å². The standard InChI is InChI=1S/C13H11F2IN4O2/c1-7-4-19(18-17-7)5-9-6-20(13(21)22-9)8-2-10(14)12(16)11(15)3-8/h2-4,9H,5-6H2,1H3. The molecule has 0 radical (unpaired) electrons. The molecule has 2 heterocycles. The Morgan fingerprint density at radius 3 is 2.68 bits per heavy atom. The highest BCUT2D eigenvalue weighted by atomic mass is 127. The molecule has 0 bridgehead atoms. The van der Waals surface area contributed by atoms with Crippen molar-refractivity contribution < 1.29 is 18.3 Å². The predicted octanol–water partition coefficient (Wildman–Crippen LogP) is 2.49. The summed E-state index contributed by atoms with van der Waals surface area (Å²) in [6.07, 6.45) is 0.626. The number of ether oxygens (including phenoxy) is 1. The first kappa shape index (κ1) is 15.1. The van der Waals surface area contributed by atoms with Crippen LogP contribution in [-0.4, -0.2) is 33.7 Å². The van der Waals surface area contributed by atoms with E-state index in [2.05, 4.69) is 10.3 Å². The quantitative estimate of drug-likeness (QED) is 0.566. The van der Waals surface area contributed by atoms with Gasteiger partial charge in [-0.1, -0.05) is 5.21 Å². The van der Waals surface area contributed by atoms with Gasteiger partial charge in [-0.3, -0.25) is 4.90 Å². The van der Waals surface area contributed by atoms with Crippen LogP contribution >= 0.6 is 22.6 Å². The first-order valence-electron chi connectivity index (χ1n) is 6.43. The Bertz CT molecular complexity index is 714. The SMILES string of the molecule is Cc1cn(CC2CN(c3cc(F)c(I)c(F)c3)C(=O)O2)nn1. The number of carbonyl (C=O) groups excluding carboxylic acids is 1. The molecule has 0 aliphatic carbocycles. The molecule has 3 rings (SSSR count). The monoisotopic (exact) mass is 420 g/mol. The average Bonchev–Trinajstić information content (AvgIpc) is 3.02. The number of aromatic nitrogens is 3. The highest BCUT2D eigenvalue weighted by Crippen LogP contribution is 2.27. The summed E-state index contributed by atoms with van der Waals surface area (Å²) in [5.41, 5.74) is 0.889. The highest BCUT2D eigenvalue weighted by molar-refractivity contribution is 14.1. The zero-order valence-electron chi connectivity index (χ0n) is 11.5. The van der Waals surface area contributed by atoms with Gasteiger partial charge < -0.3 is 4.74 Å². The molecule has 1 aromatic carbocycles. The maximum atomic E-state index is 13.6. The molecular formula is C13H11F2IN4O2. The van der Waals surface area contributed by atoms with Gasteiger partial charge in [-0.2, -0.15) is 0 Å². The Balaban J connectivity index is 1.77. The molecule has 116 valence electrons. The summed E-state index contributed by atoms with van der Waals surface area (Å²) in [6, 6.07) is 2.24. The summed E-state index contributed by atoms with van der Waals surface area (Å²) < 4.78 is 33.9. The van der Waals surface area contributed by atoms with Gasteiger partial charge in [0.15, 0.2) is 0 Å². The number of halogens is 3. The van der Waals surface area contributed by atoms with E-state index in [1.54, 1.807) is 40.4 Å². The summed E-state index contributed by atoms with van der Waals surface area (Å²) in [5, 5.41) is 7.72. The van der Waals surface area contributed by atoms with Crippen LogP contribution in [-0.2, 0) is 11.3 Å². The van der Waals surface area contributed by atoms with Crippen LogP contribution in [0.5, 0.6) is 0 Å². The summed E-state index contributed by atoms with van der Waals surface area (Å²) >= 11 is 1.57. The van der Waals surface area contributed by atoms with Crippen molar-refractivity contribution in [2.45, 2.75) is 19.6 Å². The van der Waals surface area contributed by atoms with E-state index >= 15 is 0 Å². The third-order valence-corrected chi connectivity index (χ3v) is 4.23. The lowest BCUT2D eigenvalue weighted by atomic mass is 10.2. The number of nitrogens with zero attached hydrogens (tertiary/aromatic N) is 4. The third kappa shape index (κ3) is 2.89. The van der Waals surface area contributed by atoms with E-state index in [0.29, 0.717) is 6.54 Å². The minimum Gasteiger partial charge on any atom is -0.442 e. The van der Waals surface area contributed by atoms with Gasteiger partial charge in [0, 0.05) is 6.20 Å². The summed E-state index contributed by atoms with van der Waals surface area (Å²) in [4.78, 5) is 13.1. The Kier molecular flexibility index (Phi) is 3.98. The van der Waals surface area contributed by atoms with Crippen LogP contribution in [0.1, 0.15) is 5.69 Å². The molecule has 1 aromatic heterocycles. The Hall–Kier alpha value is -1.78. The highest BCUT2D eigenvalue weighted by Gasteiger charge is 2.33. The molecule has 1 aliphatic rings. The van der Waals surface area contributed by atoms with Gasteiger partial charge in [0.25, 0.3) is 0 Å². The minimum absolute atomic E-state index is 0.108. The first-order valence-corrected chi connectivity index (χ1v) is 7.51. The molecule has 1 aliphatic heterocycles. The predicted molar refractivity (Wildman–Crippen MR) is 81.4 cm³/mol. The number of rotatable bonds is 3. The molecule has 6 nitrogen and oxygen atoms in total. The van der Waals surface area contributed by atoms with Gasteiger partial charge in [-0.05, 0) is 41.6 Å². The van der Waals surface area contributed by atoms with Crippen molar-refractivity contribution in [2.24, 2.45) is 0 Å². The maximum Gasteiger partial charge on any atom is 0.414 e. The van der Waals surface area contributed by atoms with Crippen LogP contribution in [0.2, 0.25) is 0 Å².